The number of hydrogen-bond donors (Lipinski definition) is 6. The number of nitrogens with zero attached hydrogens (tertiary/aromatic N) is 1. The summed E-state index contributed by atoms with van der Waals surface area (Å²) in [6.07, 6.45) is 24.3. The van der Waals surface area contributed by atoms with E-state index in [0.717, 1.165) is 38.5 Å². The molecule has 0 unspecified atom stereocenters. The summed E-state index contributed by atoms with van der Waals surface area (Å²) < 4.78 is 6.11. The molecule has 0 bridgehead atoms. The Hall–Kier alpha value is -2.28. The summed E-state index contributed by atoms with van der Waals surface area (Å²) in [5, 5.41) is 46.2. The van der Waals surface area contributed by atoms with Gasteiger partial charge in [0.15, 0.2) is 6.23 Å². The zero-order valence-electron chi connectivity index (χ0n) is 35.7. The van der Waals surface area contributed by atoms with Crippen molar-refractivity contribution in [3.63, 3.8) is 0 Å². The first kappa shape index (κ1) is 51.7. The third-order valence-electron chi connectivity index (χ3n) is 11.1. The van der Waals surface area contributed by atoms with Gasteiger partial charge in [0.25, 0.3) is 0 Å². The summed E-state index contributed by atoms with van der Waals surface area (Å²) >= 11 is 0. The van der Waals surface area contributed by atoms with Crippen LogP contribution in [0.1, 0.15) is 207 Å². The van der Waals surface area contributed by atoms with Crippen LogP contribution in [0.5, 0.6) is 0 Å². The average molecular weight is 798 g/mol. The van der Waals surface area contributed by atoms with Gasteiger partial charge in [-0.25, -0.2) is 0 Å². The van der Waals surface area contributed by atoms with Crippen LogP contribution in [-0.2, 0) is 23.9 Å². The van der Waals surface area contributed by atoms with Crippen molar-refractivity contribution in [1.29, 1.82) is 0 Å². The van der Waals surface area contributed by atoms with Gasteiger partial charge in [-0.05, 0) is 26.2 Å². The average Bonchev–Trinajstić information content (AvgIpc) is 3.17. The van der Waals surface area contributed by atoms with Crippen LogP contribution >= 0.6 is 0 Å². The summed E-state index contributed by atoms with van der Waals surface area (Å²) in [5.41, 5.74) is 0. The number of rotatable bonds is 36. The second-order valence-electron chi connectivity index (χ2n) is 16.3. The lowest BCUT2D eigenvalue weighted by Gasteiger charge is -2.47. The van der Waals surface area contributed by atoms with E-state index in [2.05, 4.69) is 24.5 Å². The molecule has 0 radical (unpaired) electrons. The lowest BCUT2D eigenvalue weighted by Crippen LogP contribution is -2.69. The summed E-state index contributed by atoms with van der Waals surface area (Å²) in [6, 6.07) is -2.26. The Kier molecular flexibility index (Phi) is 31.1. The SMILES string of the molecule is CCCCCCCCCCCCCCCCCC(=O)N(CCCCCCCCCCCC)[C@@H]1O[C@H](CO)[C@@H](O)[C@H](O)[C@H]1NC(=O)[C@H](C)NC(=O)CCCC(=O)O. The van der Waals surface area contributed by atoms with Gasteiger partial charge in [-0.15, -0.1) is 0 Å². The molecule has 0 spiro atoms. The monoisotopic (exact) mass is 798 g/mol. The number of unbranched alkanes of at least 4 members (excludes halogenated alkanes) is 23. The van der Waals surface area contributed by atoms with Crippen molar-refractivity contribution in [1.82, 2.24) is 15.5 Å². The Morgan fingerprint density at radius 1 is 0.607 bits per heavy atom. The van der Waals surface area contributed by atoms with E-state index in [1.54, 1.807) is 4.90 Å². The fraction of sp³-hybridized carbons (Fsp3) is 0.909. The van der Waals surface area contributed by atoms with Crippen molar-refractivity contribution < 1.29 is 44.3 Å². The first-order valence-electron chi connectivity index (χ1n) is 22.8. The van der Waals surface area contributed by atoms with Gasteiger partial charge in [-0.1, -0.05) is 162 Å². The number of carbonyl (C=O) groups is 4. The van der Waals surface area contributed by atoms with Gasteiger partial charge in [-0.2, -0.15) is 0 Å². The molecule has 56 heavy (non-hydrogen) atoms. The maximum Gasteiger partial charge on any atom is 0.303 e. The summed E-state index contributed by atoms with van der Waals surface area (Å²) in [6.45, 7) is 5.68. The molecule has 1 rings (SSSR count). The van der Waals surface area contributed by atoms with Crippen molar-refractivity contribution in [3.05, 3.63) is 0 Å². The summed E-state index contributed by atoms with van der Waals surface area (Å²) in [7, 11) is 0. The fourth-order valence-electron chi connectivity index (χ4n) is 7.54. The van der Waals surface area contributed by atoms with E-state index in [9.17, 15) is 34.5 Å². The van der Waals surface area contributed by atoms with Gasteiger partial charge in [0, 0.05) is 25.8 Å². The minimum absolute atomic E-state index is 0.0704. The minimum atomic E-state index is -1.55. The Balaban J connectivity index is 2.81. The molecule has 12 nitrogen and oxygen atoms in total. The largest absolute Gasteiger partial charge is 0.481 e. The molecule has 0 aromatic carbocycles. The summed E-state index contributed by atoms with van der Waals surface area (Å²) in [5.74, 6) is -2.33. The van der Waals surface area contributed by atoms with Gasteiger partial charge >= 0.3 is 5.97 Å². The highest BCUT2D eigenvalue weighted by Crippen LogP contribution is 2.26. The second-order valence-corrected chi connectivity index (χ2v) is 16.3. The number of nitrogens with one attached hydrogen (secondary N) is 2. The highest BCUT2D eigenvalue weighted by atomic mass is 16.5. The normalized spacial score (nSPS) is 20.1. The van der Waals surface area contributed by atoms with Crippen molar-refractivity contribution >= 4 is 23.7 Å². The fourth-order valence-corrected chi connectivity index (χ4v) is 7.54. The number of ether oxygens (including phenoxy) is 1. The topological polar surface area (TPSA) is 186 Å². The van der Waals surface area contributed by atoms with Crippen LogP contribution < -0.4 is 10.6 Å². The molecule has 1 aliphatic rings. The predicted molar refractivity (Wildman–Crippen MR) is 222 cm³/mol. The molecule has 1 saturated heterocycles. The first-order valence-corrected chi connectivity index (χ1v) is 22.8. The quantitative estimate of drug-likeness (QED) is 0.0346. The number of amides is 3. The molecule has 1 fully saturated rings. The molecule has 0 aromatic rings. The van der Waals surface area contributed by atoms with E-state index in [0.29, 0.717) is 19.4 Å². The molecule has 6 N–H and O–H groups in total. The van der Waals surface area contributed by atoms with Gasteiger partial charge in [0.2, 0.25) is 17.7 Å². The Labute approximate surface area is 339 Å². The zero-order chi connectivity index (χ0) is 41.4. The number of aliphatic hydroxyl groups is 3. The Morgan fingerprint density at radius 3 is 1.50 bits per heavy atom. The van der Waals surface area contributed by atoms with Crippen LogP contribution in [0.25, 0.3) is 0 Å². The van der Waals surface area contributed by atoms with E-state index in [4.69, 9.17) is 9.84 Å². The number of carbonyl (C=O) groups excluding carboxylic acids is 3. The van der Waals surface area contributed by atoms with Crippen LogP contribution in [0, 0.1) is 0 Å². The van der Waals surface area contributed by atoms with E-state index in [-0.39, 0.29) is 31.6 Å². The van der Waals surface area contributed by atoms with Gasteiger partial charge in [0.1, 0.15) is 30.4 Å². The molecule has 3 amide bonds. The zero-order valence-corrected chi connectivity index (χ0v) is 35.7. The van der Waals surface area contributed by atoms with Gasteiger partial charge in [0.05, 0.1) is 6.61 Å². The molecule has 6 atom stereocenters. The van der Waals surface area contributed by atoms with E-state index in [1.807, 2.05) is 0 Å². The molecule has 1 aliphatic heterocycles. The highest BCUT2D eigenvalue weighted by Gasteiger charge is 2.48. The molecular formula is C44H83N3O9. The molecule has 12 heteroatoms. The van der Waals surface area contributed by atoms with Crippen LogP contribution in [0.15, 0.2) is 0 Å². The maximum atomic E-state index is 13.9. The maximum absolute atomic E-state index is 13.9. The molecular weight excluding hydrogens is 714 g/mol. The number of aliphatic hydroxyl groups excluding tert-OH is 3. The Bertz CT molecular complexity index is 1030. The van der Waals surface area contributed by atoms with Gasteiger partial charge < -0.3 is 40.7 Å². The first-order chi connectivity index (χ1) is 27.1. The highest BCUT2D eigenvalue weighted by molar-refractivity contribution is 5.87. The minimum Gasteiger partial charge on any atom is -0.481 e. The van der Waals surface area contributed by atoms with E-state index < -0.39 is 61.0 Å². The number of carboxylic acid groups (broad SMARTS) is 1. The molecule has 1 heterocycles. The van der Waals surface area contributed by atoms with Crippen molar-refractivity contribution in [2.75, 3.05) is 13.2 Å². The van der Waals surface area contributed by atoms with Crippen molar-refractivity contribution in [2.45, 2.75) is 244 Å². The lowest BCUT2D eigenvalue weighted by molar-refractivity contribution is -0.231. The smallest absolute Gasteiger partial charge is 0.303 e. The third kappa shape index (κ3) is 23.8. The second kappa shape index (κ2) is 33.7. The summed E-state index contributed by atoms with van der Waals surface area (Å²) in [4.78, 5) is 52.0. The number of hydrogen-bond acceptors (Lipinski definition) is 8. The molecule has 0 saturated carbocycles. The standard InChI is InChI=1S/C44H83N3O9/c1-4-6-8-10-12-14-16-17-18-19-20-21-23-25-27-31-38(50)47(33-28-26-24-22-15-13-11-9-7-5-2)44-40(42(54)41(53)36(34-48)56-44)46-43(55)35(3)45-37(49)30-29-32-39(51)52/h35-36,40-42,44,48,53-54H,4-34H2,1-3H3,(H,45,49)(H,46,55)(H,51,52)/t35-,36+,40+,41+,42+,44+/m0/s1. The van der Waals surface area contributed by atoms with Gasteiger partial charge in [-0.3, -0.25) is 19.2 Å². The number of aliphatic carboxylic acids is 1. The van der Waals surface area contributed by atoms with E-state index in [1.165, 1.54) is 116 Å². The third-order valence-corrected chi connectivity index (χ3v) is 11.1. The predicted octanol–water partition coefficient (Wildman–Crippen LogP) is 7.68. The van der Waals surface area contributed by atoms with Crippen LogP contribution in [0.2, 0.25) is 0 Å². The molecule has 0 aromatic heterocycles. The van der Waals surface area contributed by atoms with Crippen LogP contribution in [0.4, 0.5) is 0 Å². The van der Waals surface area contributed by atoms with Crippen molar-refractivity contribution in [2.24, 2.45) is 0 Å². The van der Waals surface area contributed by atoms with Crippen LogP contribution in [0.3, 0.4) is 0 Å². The van der Waals surface area contributed by atoms with Crippen LogP contribution in [-0.4, -0.2) is 98.8 Å². The number of carboxylic acids is 1. The molecule has 0 aliphatic carbocycles. The van der Waals surface area contributed by atoms with E-state index >= 15 is 0 Å². The lowest BCUT2D eigenvalue weighted by atomic mass is 9.94. The Morgan fingerprint density at radius 2 is 1.05 bits per heavy atom. The molecule has 328 valence electrons. The van der Waals surface area contributed by atoms with Crippen molar-refractivity contribution in [3.8, 4) is 0 Å².